The molecule has 7 heteroatoms. The molecule has 0 aliphatic carbocycles. The molecule has 116 valence electrons. The first-order chi connectivity index (χ1) is 9.10. The lowest BCUT2D eigenvalue weighted by molar-refractivity contribution is -0.128. The normalized spacial score (nSPS) is 27.9. The number of carbonyl (C=O) groups is 1. The summed E-state index contributed by atoms with van der Waals surface area (Å²) in [4.78, 5) is 17.3. The number of ether oxygens (including phenoxy) is 1. The number of aliphatic imine (C=N–C) groups is 1. The van der Waals surface area contributed by atoms with Gasteiger partial charge in [0.25, 0.3) is 0 Å². The smallest absolute Gasteiger partial charge is 0.223 e. The molecule has 3 atom stereocenters. The molecule has 2 saturated heterocycles. The Hall–Kier alpha value is -0.570. The lowest BCUT2D eigenvalue weighted by Crippen LogP contribution is -2.48. The molecule has 0 spiro atoms. The molecule has 0 radical (unpaired) electrons. The maximum Gasteiger partial charge on any atom is 0.223 e. The third kappa shape index (κ3) is 4.47. The molecule has 2 N–H and O–H groups in total. The van der Waals surface area contributed by atoms with E-state index in [1.165, 1.54) is 6.42 Å². The third-order valence-corrected chi connectivity index (χ3v) is 3.78. The zero-order valence-electron chi connectivity index (χ0n) is 12.4. The summed E-state index contributed by atoms with van der Waals surface area (Å²) in [5.41, 5.74) is 0. The molecule has 2 heterocycles. The Bertz CT molecular complexity index is 362. The van der Waals surface area contributed by atoms with Gasteiger partial charge in [-0.2, -0.15) is 0 Å². The van der Waals surface area contributed by atoms with Crippen LogP contribution < -0.4 is 10.6 Å². The number of rotatable bonds is 4. The van der Waals surface area contributed by atoms with Crippen molar-refractivity contribution in [3.05, 3.63) is 0 Å². The molecular formula is C13H25IN4O2. The third-order valence-electron chi connectivity index (χ3n) is 3.78. The number of amides is 1. The summed E-state index contributed by atoms with van der Waals surface area (Å²) in [5, 5.41) is 6.57. The minimum Gasteiger partial charge on any atom is -0.373 e. The second-order valence-electron chi connectivity index (χ2n) is 5.40. The van der Waals surface area contributed by atoms with Crippen molar-refractivity contribution in [1.29, 1.82) is 0 Å². The average Bonchev–Trinajstić information content (AvgIpc) is 2.99. The fraction of sp³-hybridized carbons (Fsp3) is 0.846. The predicted molar refractivity (Wildman–Crippen MR) is 89.5 cm³/mol. The number of fused-ring (bicyclic) bond motifs is 2. The molecule has 0 aromatic carbocycles. The first-order valence-corrected chi connectivity index (χ1v) is 6.93. The van der Waals surface area contributed by atoms with E-state index in [0.29, 0.717) is 31.2 Å². The van der Waals surface area contributed by atoms with Crippen molar-refractivity contribution in [3.63, 3.8) is 0 Å². The van der Waals surface area contributed by atoms with Crippen LogP contribution in [0, 0.1) is 0 Å². The van der Waals surface area contributed by atoms with Gasteiger partial charge in [-0.3, -0.25) is 9.79 Å². The van der Waals surface area contributed by atoms with E-state index in [2.05, 4.69) is 15.6 Å². The van der Waals surface area contributed by atoms with Gasteiger partial charge in [0.2, 0.25) is 5.91 Å². The van der Waals surface area contributed by atoms with Crippen molar-refractivity contribution in [1.82, 2.24) is 15.5 Å². The van der Waals surface area contributed by atoms with Gasteiger partial charge >= 0.3 is 0 Å². The Morgan fingerprint density at radius 2 is 2.15 bits per heavy atom. The maximum absolute atomic E-state index is 11.5. The number of nitrogens with one attached hydrogen (secondary N) is 2. The summed E-state index contributed by atoms with van der Waals surface area (Å²) >= 11 is 0. The molecule has 20 heavy (non-hydrogen) atoms. The topological polar surface area (TPSA) is 66.0 Å². The molecule has 1 amide bonds. The van der Waals surface area contributed by atoms with Crippen LogP contribution in [0.15, 0.2) is 4.99 Å². The molecule has 0 aromatic rings. The van der Waals surface area contributed by atoms with Gasteiger partial charge in [-0.1, -0.05) is 0 Å². The van der Waals surface area contributed by atoms with Gasteiger partial charge in [0, 0.05) is 34.1 Å². The van der Waals surface area contributed by atoms with E-state index in [1.807, 2.05) is 0 Å². The molecule has 2 bridgehead atoms. The summed E-state index contributed by atoms with van der Waals surface area (Å²) in [5.74, 6) is 0.874. The van der Waals surface area contributed by atoms with Gasteiger partial charge in [0.05, 0.1) is 18.2 Å². The van der Waals surface area contributed by atoms with Gasteiger partial charge in [0.15, 0.2) is 5.96 Å². The quantitative estimate of drug-likeness (QED) is 0.414. The fourth-order valence-corrected chi connectivity index (χ4v) is 2.67. The second kappa shape index (κ2) is 8.02. The van der Waals surface area contributed by atoms with Gasteiger partial charge in [0.1, 0.15) is 0 Å². The first-order valence-electron chi connectivity index (χ1n) is 6.93. The second-order valence-corrected chi connectivity index (χ2v) is 5.40. The van der Waals surface area contributed by atoms with Crippen LogP contribution in [0.1, 0.15) is 25.7 Å². The molecular weight excluding hydrogens is 371 g/mol. The van der Waals surface area contributed by atoms with Crippen molar-refractivity contribution < 1.29 is 9.53 Å². The monoisotopic (exact) mass is 396 g/mol. The van der Waals surface area contributed by atoms with Crippen molar-refractivity contribution in [2.45, 2.75) is 43.9 Å². The highest BCUT2D eigenvalue weighted by molar-refractivity contribution is 14.0. The van der Waals surface area contributed by atoms with E-state index < -0.39 is 0 Å². The van der Waals surface area contributed by atoms with Crippen molar-refractivity contribution in [3.8, 4) is 0 Å². The Balaban J connectivity index is 0.00000200. The van der Waals surface area contributed by atoms with Crippen LogP contribution in [-0.4, -0.2) is 62.7 Å². The molecule has 2 rings (SSSR count). The molecule has 0 aromatic heterocycles. The van der Waals surface area contributed by atoms with Crippen LogP contribution in [0.4, 0.5) is 0 Å². The van der Waals surface area contributed by atoms with Crippen LogP contribution in [0.5, 0.6) is 0 Å². The van der Waals surface area contributed by atoms with E-state index in [9.17, 15) is 4.79 Å². The van der Waals surface area contributed by atoms with Crippen LogP contribution in [-0.2, 0) is 9.53 Å². The summed E-state index contributed by atoms with van der Waals surface area (Å²) in [6.45, 7) is 0.596. The lowest BCUT2D eigenvalue weighted by atomic mass is 9.96. The van der Waals surface area contributed by atoms with E-state index in [-0.39, 0.29) is 29.9 Å². The molecule has 6 nitrogen and oxygen atoms in total. The van der Waals surface area contributed by atoms with Gasteiger partial charge < -0.3 is 20.3 Å². The number of hydrogen-bond donors (Lipinski definition) is 2. The van der Waals surface area contributed by atoms with Crippen LogP contribution in [0.25, 0.3) is 0 Å². The highest BCUT2D eigenvalue weighted by Gasteiger charge is 2.41. The summed E-state index contributed by atoms with van der Waals surface area (Å²) in [6.07, 6.45) is 4.61. The highest BCUT2D eigenvalue weighted by Crippen LogP contribution is 2.34. The predicted octanol–water partition coefficient (Wildman–Crippen LogP) is 0.568. The van der Waals surface area contributed by atoms with E-state index in [1.54, 1.807) is 26.0 Å². The molecule has 0 saturated carbocycles. The lowest BCUT2D eigenvalue weighted by Gasteiger charge is -2.22. The molecule has 2 aliphatic heterocycles. The summed E-state index contributed by atoms with van der Waals surface area (Å²) in [6, 6.07) is 0.356. The SMILES string of the molecule is CN=C(NCCC(=O)N(C)C)NC1CC2CCC1O2.I. The zero-order chi connectivity index (χ0) is 13.8. The molecule has 2 fully saturated rings. The Morgan fingerprint density at radius 3 is 2.65 bits per heavy atom. The van der Waals surface area contributed by atoms with E-state index in [4.69, 9.17) is 4.74 Å². The molecule has 2 aliphatic rings. The summed E-state index contributed by atoms with van der Waals surface area (Å²) in [7, 11) is 5.28. The summed E-state index contributed by atoms with van der Waals surface area (Å²) < 4.78 is 5.80. The highest BCUT2D eigenvalue weighted by atomic mass is 127. The Labute approximate surface area is 137 Å². The molecule has 3 unspecified atom stereocenters. The largest absolute Gasteiger partial charge is 0.373 e. The van der Waals surface area contributed by atoms with E-state index in [0.717, 1.165) is 18.8 Å². The Morgan fingerprint density at radius 1 is 1.40 bits per heavy atom. The van der Waals surface area contributed by atoms with Crippen LogP contribution in [0.3, 0.4) is 0 Å². The minimum atomic E-state index is 0. The number of guanidine groups is 1. The van der Waals surface area contributed by atoms with E-state index >= 15 is 0 Å². The number of nitrogens with zero attached hydrogens (tertiary/aromatic N) is 2. The number of halogens is 1. The van der Waals surface area contributed by atoms with Crippen molar-refractivity contribution in [2.75, 3.05) is 27.7 Å². The van der Waals surface area contributed by atoms with Crippen LogP contribution in [0.2, 0.25) is 0 Å². The minimum absolute atomic E-state index is 0. The number of carbonyl (C=O) groups excluding carboxylic acids is 1. The number of hydrogen-bond acceptors (Lipinski definition) is 3. The van der Waals surface area contributed by atoms with Crippen molar-refractivity contribution in [2.24, 2.45) is 4.99 Å². The fourth-order valence-electron chi connectivity index (χ4n) is 2.67. The standard InChI is InChI=1S/C13H24N4O2.HI/c1-14-13(15-7-6-12(18)17(2)3)16-10-8-9-4-5-11(10)19-9;/h9-11H,4-8H2,1-3H3,(H2,14,15,16);1H. The van der Waals surface area contributed by atoms with Gasteiger partial charge in [-0.15, -0.1) is 24.0 Å². The van der Waals surface area contributed by atoms with Gasteiger partial charge in [-0.05, 0) is 19.3 Å². The maximum atomic E-state index is 11.5. The first kappa shape index (κ1) is 17.5. The van der Waals surface area contributed by atoms with Crippen LogP contribution >= 0.6 is 24.0 Å². The van der Waals surface area contributed by atoms with Gasteiger partial charge in [-0.25, -0.2) is 0 Å². The zero-order valence-corrected chi connectivity index (χ0v) is 14.7. The average molecular weight is 396 g/mol. The Kier molecular flexibility index (Phi) is 7.01. The van der Waals surface area contributed by atoms with Crippen molar-refractivity contribution >= 4 is 35.8 Å².